The Labute approximate surface area is 224 Å². The fraction of sp³-hybridized carbons (Fsp3) is 0.462. The molecule has 0 bridgehead atoms. The van der Waals surface area contributed by atoms with Gasteiger partial charge in [0.05, 0.1) is 48.3 Å². The summed E-state index contributed by atoms with van der Waals surface area (Å²) < 4.78 is 10.2. The Morgan fingerprint density at radius 1 is 1.16 bits per heavy atom. The topological polar surface area (TPSA) is 132 Å². The van der Waals surface area contributed by atoms with Crippen LogP contribution in [-0.4, -0.2) is 64.5 Å². The molecule has 3 heterocycles. The number of nitrogens with zero attached hydrogens (tertiary/aromatic N) is 4. The van der Waals surface area contributed by atoms with Gasteiger partial charge in [0.15, 0.2) is 5.17 Å². The van der Waals surface area contributed by atoms with Gasteiger partial charge in [0, 0.05) is 30.9 Å². The molecule has 1 atom stereocenters. The minimum absolute atomic E-state index is 0.0641. The number of hydrogen-bond donors (Lipinski definition) is 0. The molecule has 1 aromatic rings. The highest BCUT2D eigenvalue weighted by molar-refractivity contribution is 8.16. The van der Waals surface area contributed by atoms with Crippen molar-refractivity contribution >= 4 is 40.5 Å². The van der Waals surface area contributed by atoms with Gasteiger partial charge >= 0.3 is 11.9 Å². The number of amidine groups is 1. The van der Waals surface area contributed by atoms with Crippen LogP contribution in [0.25, 0.3) is 0 Å². The van der Waals surface area contributed by atoms with Crippen molar-refractivity contribution in [1.29, 1.82) is 0 Å². The van der Waals surface area contributed by atoms with Crippen LogP contribution in [0.15, 0.2) is 51.6 Å². The van der Waals surface area contributed by atoms with E-state index in [-0.39, 0.29) is 29.9 Å². The van der Waals surface area contributed by atoms with E-state index in [2.05, 4.69) is 0 Å². The summed E-state index contributed by atoms with van der Waals surface area (Å²) in [5, 5.41) is 13.7. The normalized spacial score (nSPS) is 19.5. The SMILES string of the molecule is CCOC(=O)C1CCN(C(=O)CC2=CSC3=NC(CC)=C(C(=O)OC)C(c4ccc([N+](=O)[O-])cc4)N23)CC1. The third kappa shape index (κ3) is 5.45. The number of methoxy groups -OCH3 is 1. The molecule has 202 valence electrons. The third-order valence-electron chi connectivity index (χ3n) is 6.85. The monoisotopic (exact) mass is 542 g/mol. The van der Waals surface area contributed by atoms with Crippen molar-refractivity contribution in [3.05, 3.63) is 62.3 Å². The Morgan fingerprint density at radius 3 is 2.42 bits per heavy atom. The molecule has 0 N–H and O–H groups in total. The van der Waals surface area contributed by atoms with E-state index in [9.17, 15) is 24.5 Å². The average Bonchev–Trinajstić information content (AvgIpc) is 3.33. The highest BCUT2D eigenvalue weighted by Crippen LogP contribution is 2.45. The van der Waals surface area contributed by atoms with Gasteiger partial charge in [-0.1, -0.05) is 18.7 Å². The first-order valence-electron chi connectivity index (χ1n) is 12.5. The number of fused-ring (bicyclic) bond motifs is 1. The zero-order valence-electron chi connectivity index (χ0n) is 21.5. The fourth-order valence-corrected chi connectivity index (χ4v) is 5.83. The van der Waals surface area contributed by atoms with Gasteiger partial charge in [-0.2, -0.15) is 0 Å². The molecule has 11 nitrogen and oxygen atoms in total. The molecule has 0 spiro atoms. The van der Waals surface area contributed by atoms with Crippen molar-refractivity contribution < 1.29 is 28.8 Å². The average molecular weight is 543 g/mol. The van der Waals surface area contributed by atoms with Crippen LogP contribution in [0.2, 0.25) is 0 Å². The number of nitro groups is 1. The van der Waals surface area contributed by atoms with Crippen LogP contribution in [-0.2, 0) is 23.9 Å². The first-order chi connectivity index (χ1) is 18.3. The number of carbonyl (C=O) groups excluding carboxylic acids is 3. The van der Waals surface area contributed by atoms with Gasteiger partial charge in [-0.05, 0) is 49.3 Å². The number of esters is 2. The molecule has 1 fully saturated rings. The molecule has 1 unspecified atom stereocenters. The van der Waals surface area contributed by atoms with E-state index in [4.69, 9.17) is 14.5 Å². The predicted molar refractivity (Wildman–Crippen MR) is 141 cm³/mol. The maximum Gasteiger partial charge on any atom is 0.338 e. The maximum atomic E-state index is 13.3. The Kier molecular flexibility index (Phi) is 8.50. The van der Waals surface area contributed by atoms with Crippen molar-refractivity contribution in [3.63, 3.8) is 0 Å². The van der Waals surface area contributed by atoms with E-state index in [0.29, 0.717) is 66.7 Å². The molecule has 1 saturated heterocycles. The molecular formula is C26H30N4O7S. The molecule has 0 aliphatic carbocycles. The van der Waals surface area contributed by atoms with Crippen molar-refractivity contribution in [1.82, 2.24) is 9.80 Å². The third-order valence-corrected chi connectivity index (χ3v) is 7.74. The summed E-state index contributed by atoms with van der Waals surface area (Å²) >= 11 is 1.37. The summed E-state index contributed by atoms with van der Waals surface area (Å²) in [5.41, 5.74) is 2.16. The quantitative estimate of drug-likeness (QED) is 0.272. The molecule has 1 aromatic carbocycles. The number of benzene rings is 1. The lowest BCUT2D eigenvalue weighted by atomic mass is 9.92. The van der Waals surface area contributed by atoms with Crippen molar-refractivity contribution in [2.75, 3.05) is 26.8 Å². The molecule has 3 aliphatic heterocycles. The number of piperidine rings is 1. The van der Waals surface area contributed by atoms with Gasteiger partial charge in [0.25, 0.3) is 5.69 Å². The fourth-order valence-electron chi connectivity index (χ4n) is 4.90. The summed E-state index contributed by atoms with van der Waals surface area (Å²) in [6, 6.07) is 5.36. The van der Waals surface area contributed by atoms with E-state index in [0.717, 1.165) is 0 Å². The lowest BCUT2D eigenvalue weighted by molar-refractivity contribution is -0.384. The minimum atomic E-state index is -0.658. The highest BCUT2D eigenvalue weighted by atomic mass is 32.2. The number of aliphatic imine (C=N–C) groups is 1. The zero-order valence-corrected chi connectivity index (χ0v) is 22.4. The lowest BCUT2D eigenvalue weighted by Crippen LogP contribution is -2.42. The summed E-state index contributed by atoms with van der Waals surface area (Å²) in [5.74, 6) is -1.05. The number of carbonyl (C=O) groups is 3. The predicted octanol–water partition coefficient (Wildman–Crippen LogP) is 3.92. The van der Waals surface area contributed by atoms with Gasteiger partial charge in [0.1, 0.15) is 0 Å². The lowest BCUT2D eigenvalue weighted by Gasteiger charge is -2.37. The minimum Gasteiger partial charge on any atom is -0.466 e. The standard InChI is InChI=1S/C26H30N4O7S/c1-4-20-22(25(33)36-3)23(16-6-8-18(9-7-16)30(34)35)29-19(15-38-26(29)27-20)14-21(31)28-12-10-17(11-13-28)24(32)37-5-2/h6-9,15,17,23H,4-5,10-14H2,1-3H3. The van der Waals surface area contributed by atoms with E-state index in [1.165, 1.54) is 31.0 Å². The highest BCUT2D eigenvalue weighted by Gasteiger charge is 2.42. The summed E-state index contributed by atoms with van der Waals surface area (Å²) in [6.45, 7) is 4.92. The first kappa shape index (κ1) is 27.4. The van der Waals surface area contributed by atoms with Crippen LogP contribution in [0.5, 0.6) is 0 Å². The number of allylic oxidation sites excluding steroid dienone is 1. The van der Waals surface area contributed by atoms with Gasteiger partial charge < -0.3 is 19.3 Å². The number of nitro benzene ring substituents is 1. The zero-order chi connectivity index (χ0) is 27.4. The van der Waals surface area contributed by atoms with Gasteiger partial charge in [-0.25, -0.2) is 9.79 Å². The second kappa shape index (κ2) is 11.8. The van der Waals surface area contributed by atoms with Crippen LogP contribution in [0, 0.1) is 16.0 Å². The molecule has 4 rings (SSSR count). The van der Waals surface area contributed by atoms with E-state index < -0.39 is 16.9 Å². The molecule has 3 aliphatic rings. The molecule has 0 saturated carbocycles. The van der Waals surface area contributed by atoms with Gasteiger partial charge in [-0.3, -0.25) is 19.7 Å². The molecule has 1 amide bonds. The maximum absolute atomic E-state index is 13.3. The number of non-ortho nitro benzene ring substituents is 1. The Hall–Kier alpha value is -3.67. The van der Waals surface area contributed by atoms with Gasteiger partial charge in [-0.15, -0.1) is 0 Å². The Bertz CT molecular complexity index is 1220. The number of hydrogen-bond acceptors (Lipinski definition) is 10. The summed E-state index contributed by atoms with van der Waals surface area (Å²) in [4.78, 5) is 57.4. The van der Waals surface area contributed by atoms with Crippen molar-refractivity contribution in [3.8, 4) is 0 Å². The number of amides is 1. The van der Waals surface area contributed by atoms with Crippen LogP contribution >= 0.6 is 11.8 Å². The number of rotatable bonds is 8. The molecule has 0 aromatic heterocycles. The van der Waals surface area contributed by atoms with Crippen molar-refractivity contribution in [2.45, 2.75) is 45.6 Å². The molecule has 12 heteroatoms. The number of thioether (sulfide) groups is 1. The number of ether oxygens (including phenoxy) is 2. The van der Waals surface area contributed by atoms with Crippen LogP contribution in [0.1, 0.15) is 51.1 Å². The van der Waals surface area contributed by atoms with Crippen LogP contribution in [0.4, 0.5) is 5.69 Å². The van der Waals surface area contributed by atoms with E-state index in [1.807, 2.05) is 17.2 Å². The largest absolute Gasteiger partial charge is 0.466 e. The molecular weight excluding hydrogens is 512 g/mol. The summed E-state index contributed by atoms with van der Waals surface area (Å²) in [6.07, 6.45) is 1.66. The Balaban J connectivity index is 1.59. The number of likely N-dealkylation sites (tertiary alicyclic amines) is 1. The van der Waals surface area contributed by atoms with Crippen LogP contribution in [0.3, 0.4) is 0 Å². The van der Waals surface area contributed by atoms with E-state index in [1.54, 1.807) is 24.0 Å². The smallest absolute Gasteiger partial charge is 0.338 e. The molecule has 38 heavy (non-hydrogen) atoms. The summed E-state index contributed by atoms with van der Waals surface area (Å²) in [7, 11) is 1.30. The Morgan fingerprint density at radius 2 is 1.84 bits per heavy atom. The van der Waals surface area contributed by atoms with Gasteiger partial charge in [0.2, 0.25) is 5.91 Å². The second-order valence-electron chi connectivity index (χ2n) is 9.03. The molecule has 0 radical (unpaired) electrons. The first-order valence-corrected chi connectivity index (χ1v) is 13.4. The van der Waals surface area contributed by atoms with Crippen LogP contribution < -0.4 is 0 Å². The second-order valence-corrected chi connectivity index (χ2v) is 9.87. The van der Waals surface area contributed by atoms with Crippen molar-refractivity contribution in [2.24, 2.45) is 10.9 Å². The van der Waals surface area contributed by atoms with E-state index >= 15 is 0 Å².